The van der Waals surface area contributed by atoms with Gasteiger partial charge in [0.1, 0.15) is 5.69 Å². The normalized spacial score (nSPS) is 19.3. The van der Waals surface area contributed by atoms with Gasteiger partial charge in [-0.1, -0.05) is 35.3 Å². The van der Waals surface area contributed by atoms with Gasteiger partial charge in [-0.05, 0) is 37.8 Å². The van der Waals surface area contributed by atoms with Crippen LogP contribution in [-0.4, -0.2) is 72.5 Å². The van der Waals surface area contributed by atoms with Gasteiger partial charge in [0.25, 0.3) is 0 Å². The van der Waals surface area contributed by atoms with Gasteiger partial charge in [-0.15, -0.1) is 0 Å². The van der Waals surface area contributed by atoms with E-state index in [0.717, 1.165) is 75.9 Å². The number of hydrogen-bond acceptors (Lipinski definition) is 7. The minimum atomic E-state index is -0.194. The molecule has 0 radical (unpaired) electrons. The zero-order chi connectivity index (χ0) is 22.7. The predicted octanol–water partition coefficient (Wildman–Crippen LogP) is 3.13. The molecule has 1 aromatic carbocycles. The predicted molar refractivity (Wildman–Crippen MR) is 128 cm³/mol. The first-order valence-electron chi connectivity index (χ1n) is 11.1. The molecule has 32 heavy (non-hydrogen) atoms. The number of aromatic nitrogens is 2. The van der Waals surface area contributed by atoms with E-state index in [9.17, 15) is 5.11 Å². The van der Waals surface area contributed by atoms with E-state index in [1.807, 2.05) is 19.1 Å². The molecule has 9 heteroatoms. The Morgan fingerprint density at radius 2 is 1.84 bits per heavy atom. The number of halogens is 2. The van der Waals surface area contributed by atoms with Crippen molar-refractivity contribution < 1.29 is 9.84 Å². The maximum Gasteiger partial charge on any atom is 0.153 e. The van der Waals surface area contributed by atoms with Gasteiger partial charge in [-0.3, -0.25) is 4.90 Å². The molecule has 2 aliphatic heterocycles. The lowest BCUT2D eigenvalue weighted by Crippen LogP contribution is -2.52. The van der Waals surface area contributed by atoms with Crippen LogP contribution in [0.1, 0.15) is 24.2 Å². The van der Waals surface area contributed by atoms with Crippen LogP contribution in [0, 0.1) is 12.3 Å². The molecule has 2 aliphatic rings. The van der Waals surface area contributed by atoms with Gasteiger partial charge in [0.2, 0.25) is 0 Å². The topological polar surface area (TPSA) is 87.7 Å². The highest BCUT2D eigenvalue weighted by Crippen LogP contribution is 2.37. The summed E-state index contributed by atoms with van der Waals surface area (Å²) in [6, 6.07) is 5.45. The summed E-state index contributed by atoms with van der Waals surface area (Å²) in [6.07, 6.45) is 1.96. The summed E-state index contributed by atoms with van der Waals surface area (Å²) < 4.78 is 5.49. The lowest BCUT2D eigenvalue weighted by molar-refractivity contribution is 0.0121. The third kappa shape index (κ3) is 4.88. The molecule has 0 spiro atoms. The van der Waals surface area contributed by atoms with Gasteiger partial charge in [0.05, 0.1) is 41.3 Å². The fourth-order valence-corrected chi connectivity index (χ4v) is 5.09. The second-order valence-electron chi connectivity index (χ2n) is 8.77. The number of aliphatic hydroxyl groups is 1. The average molecular weight is 480 g/mol. The van der Waals surface area contributed by atoms with Crippen LogP contribution in [0.5, 0.6) is 0 Å². The fraction of sp³-hybridized carbons (Fsp3) is 0.565. The van der Waals surface area contributed by atoms with Crippen molar-refractivity contribution in [1.82, 2.24) is 14.9 Å². The number of rotatable bonds is 6. The standard InChI is InChI=1S/C23H31Cl2N5O2/c1-16-21(17-3-2-4-18(24)20(17)25)28-19(13-31)22(27-16)30-7-5-23(14-26,6-8-30)15-29-9-11-32-12-10-29/h2-4,31H,5-15,26H2,1H3. The Morgan fingerprint density at radius 1 is 1.12 bits per heavy atom. The number of hydrogen-bond donors (Lipinski definition) is 2. The van der Waals surface area contributed by atoms with Crippen LogP contribution in [0.4, 0.5) is 5.82 Å². The summed E-state index contributed by atoms with van der Waals surface area (Å²) >= 11 is 12.6. The van der Waals surface area contributed by atoms with Gasteiger partial charge >= 0.3 is 0 Å². The zero-order valence-corrected chi connectivity index (χ0v) is 20.0. The third-order valence-electron chi connectivity index (χ3n) is 6.70. The fourth-order valence-electron chi connectivity index (χ4n) is 4.70. The smallest absolute Gasteiger partial charge is 0.153 e. The Kier molecular flexibility index (Phi) is 7.54. The van der Waals surface area contributed by atoms with Crippen molar-refractivity contribution in [2.45, 2.75) is 26.4 Å². The monoisotopic (exact) mass is 479 g/mol. The van der Waals surface area contributed by atoms with E-state index in [0.29, 0.717) is 28.0 Å². The van der Waals surface area contributed by atoms with Crippen molar-refractivity contribution in [2.75, 3.05) is 57.4 Å². The molecule has 2 saturated heterocycles. The molecule has 0 saturated carbocycles. The third-order valence-corrected chi connectivity index (χ3v) is 7.52. The number of benzene rings is 1. The minimum Gasteiger partial charge on any atom is -0.390 e. The van der Waals surface area contributed by atoms with Gasteiger partial charge in [-0.25, -0.2) is 9.97 Å². The van der Waals surface area contributed by atoms with Crippen molar-refractivity contribution in [3.8, 4) is 11.3 Å². The van der Waals surface area contributed by atoms with Crippen molar-refractivity contribution >= 4 is 29.0 Å². The van der Waals surface area contributed by atoms with E-state index in [4.69, 9.17) is 43.6 Å². The number of nitrogens with zero attached hydrogens (tertiary/aromatic N) is 4. The van der Waals surface area contributed by atoms with Gasteiger partial charge in [-0.2, -0.15) is 0 Å². The van der Waals surface area contributed by atoms with Crippen LogP contribution in [0.2, 0.25) is 10.0 Å². The maximum absolute atomic E-state index is 10.1. The number of aliphatic hydroxyl groups excluding tert-OH is 1. The molecule has 2 aromatic rings. The molecule has 0 amide bonds. The second-order valence-corrected chi connectivity index (χ2v) is 9.55. The van der Waals surface area contributed by atoms with Crippen LogP contribution in [-0.2, 0) is 11.3 Å². The van der Waals surface area contributed by atoms with E-state index in [2.05, 4.69) is 9.80 Å². The average Bonchev–Trinajstić information content (AvgIpc) is 2.82. The summed E-state index contributed by atoms with van der Waals surface area (Å²) in [6.45, 7) is 8.59. The molecular weight excluding hydrogens is 449 g/mol. The summed E-state index contributed by atoms with van der Waals surface area (Å²) in [5.74, 6) is 0.740. The molecule has 0 unspecified atom stereocenters. The first kappa shape index (κ1) is 23.7. The summed E-state index contributed by atoms with van der Waals surface area (Å²) in [5, 5.41) is 11.0. The van der Waals surface area contributed by atoms with Crippen molar-refractivity contribution in [3.63, 3.8) is 0 Å². The Hall–Kier alpha value is -1.48. The van der Waals surface area contributed by atoms with Crippen LogP contribution in [0.25, 0.3) is 11.3 Å². The van der Waals surface area contributed by atoms with Crippen LogP contribution in [0.3, 0.4) is 0 Å². The van der Waals surface area contributed by atoms with Crippen LogP contribution in [0.15, 0.2) is 18.2 Å². The molecule has 0 bridgehead atoms. The molecule has 0 atom stereocenters. The van der Waals surface area contributed by atoms with E-state index >= 15 is 0 Å². The number of nitrogens with two attached hydrogens (primary N) is 1. The molecular formula is C23H31Cl2N5O2. The summed E-state index contributed by atoms with van der Waals surface area (Å²) in [5.41, 5.74) is 9.03. The van der Waals surface area contributed by atoms with E-state index in [-0.39, 0.29) is 12.0 Å². The molecule has 3 N–H and O–H groups in total. The highest BCUT2D eigenvalue weighted by Gasteiger charge is 2.36. The number of piperidine rings is 1. The Morgan fingerprint density at radius 3 is 2.50 bits per heavy atom. The molecule has 4 rings (SSSR count). The summed E-state index contributed by atoms with van der Waals surface area (Å²) in [7, 11) is 0. The van der Waals surface area contributed by atoms with Gasteiger partial charge in [0, 0.05) is 38.3 Å². The first-order chi connectivity index (χ1) is 15.5. The van der Waals surface area contributed by atoms with Crippen LogP contribution < -0.4 is 10.6 Å². The quantitative estimate of drug-likeness (QED) is 0.657. The number of morpholine rings is 1. The Labute approximate surface area is 199 Å². The lowest BCUT2D eigenvalue weighted by atomic mass is 9.77. The summed E-state index contributed by atoms with van der Waals surface area (Å²) in [4.78, 5) is 14.3. The number of aryl methyl sites for hydroxylation is 1. The van der Waals surface area contributed by atoms with Crippen molar-refractivity contribution in [2.24, 2.45) is 11.1 Å². The molecule has 3 heterocycles. The molecule has 7 nitrogen and oxygen atoms in total. The molecule has 1 aromatic heterocycles. The second kappa shape index (κ2) is 10.2. The SMILES string of the molecule is Cc1nc(N2CCC(CN)(CN3CCOCC3)CC2)c(CO)nc1-c1cccc(Cl)c1Cl. The van der Waals surface area contributed by atoms with Crippen LogP contribution >= 0.6 is 23.2 Å². The Bertz CT molecular complexity index is 944. The Balaban J connectivity index is 1.54. The highest BCUT2D eigenvalue weighted by molar-refractivity contribution is 6.43. The maximum atomic E-state index is 10.1. The molecule has 2 fully saturated rings. The van der Waals surface area contributed by atoms with E-state index < -0.39 is 0 Å². The van der Waals surface area contributed by atoms with E-state index in [1.54, 1.807) is 6.07 Å². The number of anilines is 1. The van der Waals surface area contributed by atoms with Crippen molar-refractivity contribution in [1.29, 1.82) is 0 Å². The lowest BCUT2D eigenvalue weighted by Gasteiger charge is -2.45. The van der Waals surface area contributed by atoms with Gasteiger partial charge in [0.15, 0.2) is 5.82 Å². The number of ether oxygens (including phenoxy) is 1. The zero-order valence-electron chi connectivity index (χ0n) is 18.5. The van der Waals surface area contributed by atoms with E-state index in [1.165, 1.54) is 0 Å². The highest BCUT2D eigenvalue weighted by atomic mass is 35.5. The van der Waals surface area contributed by atoms with Crippen molar-refractivity contribution in [3.05, 3.63) is 39.6 Å². The first-order valence-corrected chi connectivity index (χ1v) is 11.9. The molecule has 0 aliphatic carbocycles. The van der Waals surface area contributed by atoms with Gasteiger partial charge < -0.3 is 20.5 Å². The molecule has 174 valence electrons. The minimum absolute atomic E-state index is 0.101. The largest absolute Gasteiger partial charge is 0.390 e.